The highest BCUT2D eigenvalue weighted by molar-refractivity contribution is 5.91. The van der Waals surface area contributed by atoms with Crippen molar-refractivity contribution in [1.82, 2.24) is 0 Å². The second-order valence-electron chi connectivity index (χ2n) is 9.92. The minimum absolute atomic E-state index is 0.107. The van der Waals surface area contributed by atoms with E-state index in [1.165, 1.54) is 5.57 Å². The first-order valence-corrected chi connectivity index (χ1v) is 11.7. The molecule has 0 saturated heterocycles. The number of hydrogen-bond donors (Lipinski definition) is 1. The first kappa shape index (κ1) is 20.0. The fraction of sp³-hybridized carbons (Fsp3) is 0.615. The molecule has 0 aromatic heterocycles. The molecule has 1 N–H and O–H groups in total. The lowest BCUT2D eigenvalue weighted by Gasteiger charge is -2.54. The van der Waals surface area contributed by atoms with Crippen LogP contribution >= 0.6 is 0 Å². The lowest BCUT2D eigenvalue weighted by Crippen LogP contribution is -2.49. The summed E-state index contributed by atoms with van der Waals surface area (Å²) in [5.41, 5.74) is 1.88. The van der Waals surface area contributed by atoms with Crippen LogP contribution in [0.3, 0.4) is 0 Å². The SMILES string of the molecule is O=C1C=C2CCC3C(CC[C@@]4(CCOC(=O)c5ccccc5)C3CC[C@@H]4O)C2CC1. The smallest absolute Gasteiger partial charge is 0.338 e. The van der Waals surface area contributed by atoms with Crippen LogP contribution in [0.1, 0.15) is 68.1 Å². The van der Waals surface area contributed by atoms with E-state index in [1.807, 2.05) is 24.3 Å². The molecule has 0 spiro atoms. The number of ketones is 1. The lowest BCUT2D eigenvalue weighted by molar-refractivity contribution is -0.116. The second kappa shape index (κ2) is 7.96. The van der Waals surface area contributed by atoms with Crippen molar-refractivity contribution in [2.45, 2.75) is 63.9 Å². The molecule has 0 amide bonds. The van der Waals surface area contributed by atoms with Crippen LogP contribution in [0.2, 0.25) is 0 Å². The molecule has 1 aromatic rings. The summed E-state index contributed by atoms with van der Waals surface area (Å²) in [6.45, 7) is 0.377. The van der Waals surface area contributed by atoms with Crippen LogP contribution in [0, 0.1) is 29.1 Å². The third-order valence-electron chi connectivity index (χ3n) is 8.78. The minimum Gasteiger partial charge on any atom is -0.462 e. The van der Waals surface area contributed by atoms with Gasteiger partial charge in [-0.15, -0.1) is 0 Å². The Morgan fingerprint density at radius 1 is 1.03 bits per heavy atom. The maximum atomic E-state index is 12.4. The molecule has 0 heterocycles. The summed E-state index contributed by atoms with van der Waals surface area (Å²) < 4.78 is 5.62. The summed E-state index contributed by atoms with van der Waals surface area (Å²) in [6.07, 6.45) is 10.4. The Morgan fingerprint density at radius 2 is 1.87 bits per heavy atom. The summed E-state index contributed by atoms with van der Waals surface area (Å²) in [5.74, 6) is 2.42. The molecule has 1 aromatic carbocycles. The van der Waals surface area contributed by atoms with Gasteiger partial charge in [-0.05, 0) is 93.2 Å². The van der Waals surface area contributed by atoms with Crippen molar-refractivity contribution in [2.75, 3.05) is 6.61 Å². The number of hydrogen-bond acceptors (Lipinski definition) is 4. The first-order valence-electron chi connectivity index (χ1n) is 11.7. The molecule has 3 fully saturated rings. The number of rotatable bonds is 4. The summed E-state index contributed by atoms with van der Waals surface area (Å²) in [4.78, 5) is 24.2. The topological polar surface area (TPSA) is 63.6 Å². The van der Waals surface area contributed by atoms with Crippen LogP contribution in [0.4, 0.5) is 0 Å². The third kappa shape index (κ3) is 3.33. The Bertz CT molecular complexity index is 844. The van der Waals surface area contributed by atoms with Crippen molar-refractivity contribution in [3.63, 3.8) is 0 Å². The number of esters is 1. The monoisotopic (exact) mass is 408 g/mol. The van der Waals surface area contributed by atoms with Gasteiger partial charge >= 0.3 is 5.97 Å². The number of carbonyl (C=O) groups excluding carboxylic acids is 2. The maximum absolute atomic E-state index is 12.4. The van der Waals surface area contributed by atoms with E-state index in [1.54, 1.807) is 12.1 Å². The number of aliphatic hydroxyl groups excluding tert-OH is 1. The maximum Gasteiger partial charge on any atom is 0.338 e. The van der Waals surface area contributed by atoms with Gasteiger partial charge < -0.3 is 9.84 Å². The molecular weight excluding hydrogens is 376 g/mol. The van der Waals surface area contributed by atoms with Gasteiger partial charge in [-0.25, -0.2) is 4.79 Å². The van der Waals surface area contributed by atoms with Gasteiger partial charge in [0, 0.05) is 11.8 Å². The number of carbonyl (C=O) groups is 2. The normalized spacial score (nSPS) is 37.6. The Hall–Kier alpha value is -1.94. The zero-order valence-corrected chi connectivity index (χ0v) is 17.6. The van der Waals surface area contributed by atoms with E-state index in [9.17, 15) is 14.7 Å². The highest BCUT2D eigenvalue weighted by Gasteiger charge is 2.58. The highest BCUT2D eigenvalue weighted by atomic mass is 16.5. The number of fused-ring (bicyclic) bond motifs is 5. The minimum atomic E-state index is -0.288. The van der Waals surface area contributed by atoms with Crippen LogP contribution in [-0.4, -0.2) is 29.6 Å². The molecule has 3 saturated carbocycles. The molecule has 0 radical (unpaired) electrons. The predicted octanol–water partition coefficient (Wildman–Crippen LogP) is 4.72. The fourth-order valence-electron chi connectivity index (χ4n) is 7.43. The lowest BCUT2D eigenvalue weighted by atomic mass is 9.51. The van der Waals surface area contributed by atoms with Crippen molar-refractivity contribution in [3.8, 4) is 0 Å². The zero-order chi connectivity index (χ0) is 20.7. The number of aliphatic hydroxyl groups is 1. The molecule has 4 aliphatic rings. The fourth-order valence-corrected chi connectivity index (χ4v) is 7.43. The van der Waals surface area contributed by atoms with Crippen molar-refractivity contribution >= 4 is 11.8 Å². The molecule has 0 bridgehead atoms. The van der Waals surface area contributed by atoms with E-state index in [0.717, 1.165) is 51.4 Å². The molecule has 4 aliphatic carbocycles. The van der Waals surface area contributed by atoms with Gasteiger partial charge in [0.1, 0.15) is 0 Å². The summed E-state index contributed by atoms with van der Waals surface area (Å²) in [5, 5.41) is 11.0. The summed E-state index contributed by atoms with van der Waals surface area (Å²) >= 11 is 0. The molecule has 4 unspecified atom stereocenters. The molecule has 30 heavy (non-hydrogen) atoms. The molecular formula is C26H32O4. The molecule has 5 rings (SSSR count). The largest absolute Gasteiger partial charge is 0.462 e. The van der Waals surface area contributed by atoms with Gasteiger partial charge in [0.05, 0.1) is 18.3 Å². The van der Waals surface area contributed by atoms with Crippen molar-refractivity contribution < 1.29 is 19.4 Å². The second-order valence-corrected chi connectivity index (χ2v) is 9.92. The summed E-state index contributed by atoms with van der Waals surface area (Å²) in [6, 6.07) is 9.14. The van der Waals surface area contributed by atoms with E-state index in [-0.39, 0.29) is 17.5 Å². The quantitative estimate of drug-likeness (QED) is 0.733. The Kier molecular flexibility index (Phi) is 5.30. The van der Waals surface area contributed by atoms with Gasteiger partial charge in [0.2, 0.25) is 0 Å². The molecule has 0 aliphatic heterocycles. The van der Waals surface area contributed by atoms with Crippen LogP contribution in [0.5, 0.6) is 0 Å². The van der Waals surface area contributed by atoms with Gasteiger partial charge in [0.25, 0.3) is 0 Å². The van der Waals surface area contributed by atoms with E-state index in [0.29, 0.717) is 48.0 Å². The number of ether oxygens (including phenoxy) is 1. The van der Waals surface area contributed by atoms with E-state index in [4.69, 9.17) is 4.74 Å². The Morgan fingerprint density at radius 3 is 2.70 bits per heavy atom. The van der Waals surface area contributed by atoms with E-state index >= 15 is 0 Å². The molecule has 160 valence electrons. The first-order chi connectivity index (χ1) is 14.6. The average Bonchev–Trinajstić information content (AvgIpc) is 3.10. The van der Waals surface area contributed by atoms with Crippen LogP contribution in [0.25, 0.3) is 0 Å². The van der Waals surface area contributed by atoms with Crippen molar-refractivity contribution in [1.29, 1.82) is 0 Å². The van der Waals surface area contributed by atoms with Crippen LogP contribution < -0.4 is 0 Å². The zero-order valence-electron chi connectivity index (χ0n) is 17.6. The standard InChI is InChI=1S/C26H32O4/c27-19-7-9-20-18(16-19)6-8-22-21(20)12-13-26(23(22)10-11-24(26)28)14-15-30-25(29)17-4-2-1-3-5-17/h1-5,16,20-24,28H,6-15H2/t20?,21?,22?,23?,24-,26+/m0/s1. The molecule has 6 atom stereocenters. The van der Waals surface area contributed by atoms with E-state index in [2.05, 4.69) is 0 Å². The predicted molar refractivity (Wildman–Crippen MR) is 114 cm³/mol. The van der Waals surface area contributed by atoms with Crippen LogP contribution in [0.15, 0.2) is 42.0 Å². The molecule has 4 nitrogen and oxygen atoms in total. The summed E-state index contributed by atoms with van der Waals surface area (Å²) in [7, 11) is 0. The number of benzene rings is 1. The Balaban J connectivity index is 1.29. The van der Waals surface area contributed by atoms with Crippen molar-refractivity contribution in [2.24, 2.45) is 29.1 Å². The van der Waals surface area contributed by atoms with Gasteiger partial charge in [-0.1, -0.05) is 23.8 Å². The van der Waals surface area contributed by atoms with Crippen LogP contribution in [-0.2, 0) is 9.53 Å². The van der Waals surface area contributed by atoms with E-state index < -0.39 is 0 Å². The Labute approximate surface area is 178 Å². The third-order valence-corrected chi connectivity index (χ3v) is 8.78. The molecule has 4 heteroatoms. The van der Waals surface area contributed by atoms with Crippen molar-refractivity contribution in [3.05, 3.63) is 47.5 Å². The average molecular weight is 409 g/mol. The number of allylic oxidation sites excluding steroid dienone is 1. The van der Waals surface area contributed by atoms with Gasteiger partial charge in [-0.2, -0.15) is 0 Å². The van der Waals surface area contributed by atoms with Gasteiger partial charge in [0.15, 0.2) is 5.78 Å². The highest BCUT2D eigenvalue weighted by Crippen LogP contribution is 2.63. The van der Waals surface area contributed by atoms with Gasteiger partial charge in [-0.3, -0.25) is 4.79 Å².